The number of fused-ring (bicyclic) bond motifs is 1. The van der Waals surface area contributed by atoms with Gasteiger partial charge in [-0.05, 0) is 65.5 Å². The Balaban J connectivity index is 1.46. The SMILES string of the molecule is CC(=O)N1C2=CC=C(c3ccc(C(=O)O)cc3)C(C)C2[C@H](NC(=O)OCc2ccccc2)[C@@H](C)C1C1CC1. The Morgan fingerprint density at radius 3 is 2.29 bits per heavy atom. The molecular weight excluding hydrogens is 480 g/mol. The van der Waals surface area contributed by atoms with Gasteiger partial charge in [0.05, 0.1) is 5.56 Å². The molecule has 38 heavy (non-hydrogen) atoms. The molecule has 0 spiro atoms. The van der Waals surface area contributed by atoms with Gasteiger partial charge < -0.3 is 20.1 Å². The number of hydrogen-bond acceptors (Lipinski definition) is 4. The summed E-state index contributed by atoms with van der Waals surface area (Å²) in [6.45, 7) is 6.05. The van der Waals surface area contributed by atoms with E-state index in [1.54, 1.807) is 19.1 Å². The summed E-state index contributed by atoms with van der Waals surface area (Å²) in [5.41, 5.74) is 4.05. The van der Waals surface area contributed by atoms with Crippen molar-refractivity contribution in [2.75, 3.05) is 0 Å². The molecular formula is C31H34N2O5. The van der Waals surface area contributed by atoms with E-state index >= 15 is 0 Å². The summed E-state index contributed by atoms with van der Waals surface area (Å²) >= 11 is 0. The first-order chi connectivity index (χ1) is 18.3. The van der Waals surface area contributed by atoms with Crippen molar-refractivity contribution in [1.82, 2.24) is 10.2 Å². The van der Waals surface area contributed by atoms with Crippen LogP contribution in [0.3, 0.4) is 0 Å². The van der Waals surface area contributed by atoms with Crippen molar-refractivity contribution in [3.63, 3.8) is 0 Å². The monoisotopic (exact) mass is 514 g/mol. The Bertz CT molecular complexity index is 1280. The number of carboxylic acids is 1. The largest absolute Gasteiger partial charge is 0.478 e. The standard InChI is InChI=1S/C31H34N2O5/c1-18-25(22-9-13-24(14-10-22)30(35)36)15-16-26-27(18)28(19(2)29(23-11-12-23)33(26)20(3)34)32-31(37)38-17-21-7-5-4-6-8-21/h4-10,13-16,18-19,23,27-29H,11-12,17H2,1-3H3,(H,32,37)(H,35,36)/t18?,19-,27?,28-,29?/m1/s1. The van der Waals surface area contributed by atoms with Crippen molar-refractivity contribution in [3.05, 3.63) is 89.1 Å². The summed E-state index contributed by atoms with van der Waals surface area (Å²) in [5, 5.41) is 12.5. The van der Waals surface area contributed by atoms with Crippen LogP contribution in [0.2, 0.25) is 0 Å². The Morgan fingerprint density at radius 1 is 1.00 bits per heavy atom. The van der Waals surface area contributed by atoms with Crippen molar-refractivity contribution in [2.45, 2.75) is 52.3 Å². The number of nitrogens with zero attached hydrogens (tertiary/aromatic N) is 1. The second kappa shape index (κ2) is 10.5. The topological polar surface area (TPSA) is 95.9 Å². The number of carboxylic acid groups (broad SMARTS) is 1. The number of ether oxygens (including phenoxy) is 1. The molecule has 3 aliphatic rings. The van der Waals surface area contributed by atoms with E-state index in [1.807, 2.05) is 59.5 Å². The zero-order valence-electron chi connectivity index (χ0n) is 22.0. The van der Waals surface area contributed by atoms with Crippen LogP contribution in [0, 0.1) is 23.7 Å². The fourth-order valence-electron chi connectivity index (χ4n) is 6.33. The fourth-order valence-corrected chi connectivity index (χ4v) is 6.33. The second-order valence-electron chi connectivity index (χ2n) is 10.7. The molecule has 198 valence electrons. The lowest BCUT2D eigenvalue weighted by atomic mass is 9.66. The van der Waals surface area contributed by atoms with Crippen LogP contribution in [-0.4, -0.2) is 40.1 Å². The predicted octanol–water partition coefficient (Wildman–Crippen LogP) is 5.49. The van der Waals surface area contributed by atoms with Crippen LogP contribution < -0.4 is 5.32 Å². The zero-order chi connectivity index (χ0) is 27.0. The minimum Gasteiger partial charge on any atom is -0.478 e. The highest BCUT2D eigenvalue weighted by molar-refractivity contribution is 5.88. The van der Waals surface area contributed by atoms with Crippen LogP contribution in [0.1, 0.15) is 55.1 Å². The summed E-state index contributed by atoms with van der Waals surface area (Å²) in [5.74, 6) is -0.683. The van der Waals surface area contributed by atoms with Gasteiger partial charge >= 0.3 is 12.1 Å². The first-order valence-electron chi connectivity index (χ1n) is 13.3. The summed E-state index contributed by atoms with van der Waals surface area (Å²) in [6, 6.07) is 16.2. The molecule has 0 radical (unpaired) electrons. The van der Waals surface area contributed by atoms with E-state index in [4.69, 9.17) is 4.74 Å². The molecule has 5 atom stereocenters. The molecule has 0 bridgehead atoms. The van der Waals surface area contributed by atoms with Crippen molar-refractivity contribution < 1.29 is 24.2 Å². The van der Waals surface area contributed by atoms with Crippen LogP contribution >= 0.6 is 0 Å². The summed E-state index contributed by atoms with van der Waals surface area (Å²) in [6.07, 6.45) is 5.73. The molecule has 2 aromatic rings. The Hall–Kier alpha value is -3.87. The van der Waals surface area contributed by atoms with E-state index in [0.29, 0.717) is 5.92 Å². The van der Waals surface area contributed by atoms with Gasteiger partial charge in [-0.3, -0.25) is 4.79 Å². The number of piperidine rings is 1. The maximum atomic E-state index is 13.1. The number of rotatable bonds is 6. The van der Waals surface area contributed by atoms with Crippen molar-refractivity contribution in [3.8, 4) is 0 Å². The zero-order valence-corrected chi connectivity index (χ0v) is 22.0. The van der Waals surface area contributed by atoms with E-state index in [1.165, 1.54) is 0 Å². The Morgan fingerprint density at radius 2 is 1.68 bits per heavy atom. The predicted molar refractivity (Wildman–Crippen MR) is 144 cm³/mol. The minimum absolute atomic E-state index is 0.0185. The minimum atomic E-state index is -0.966. The van der Waals surface area contributed by atoms with Gasteiger partial charge in [0.15, 0.2) is 0 Å². The van der Waals surface area contributed by atoms with Gasteiger partial charge in [-0.1, -0.05) is 62.4 Å². The quantitative estimate of drug-likeness (QED) is 0.532. The lowest BCUT2D eigenvalue weighted by Gasteiger charge is -2.53. The van der Waals surface area contributed by atoms with Crippen molar-refractivity contribution in [1.29, 1.82) is 0 Å². The third kappa shape index (κ3) is 4.97. The number of aromatic carboxylic acids is 1. The number of allylic oxidation sites excluding steroid dienone is 3. The number of likely N-dealkylation sites (tertiary alicyclic amines) is 1. The smallest absolute Gasteiger partial charge is 0.407 e. The molecule has 2 N–H and O–H groups in total. The normalized spacial score (nSPS) is 26.5. The third-order valence-corrected chi connectivity index (χ3v) is 8.28. The number of carbonyl (C=O) groups is 3. The summed E-state index contributed by atoms with van der Waals surface area (Å²) < 4.78 is 5.61. The number of nitrogens with one attached hydrogen (secondary N) is 1. The van der Waals surface area contributed by atoms with Gasteiger partial charge in [-0.25, -0.2) is 9.59 Å². The highest BCUT2D eigenvalue weighted by atomic mass is 16.5. The molecule has 1 saturated carbocycles. The lowest BCUT2D eigenvalue weighted by Crippen LogP contribution is -2.62. The average Bonchev–Trinajstić information content (AvgIpc) is 3.74. The van der Waals surface area contributed by atoms with Gasteiger partial charge in [-0.15, -0.1) is 0 Å². The van der Waals surface area contributed by atoms with E-state index in [0.717, 1.165) is 35.2 Å². The average molecular weight is 515 g/mol. The third-order valence-electron chi connectivity index (χ3n) is 8.28. The highest BCUT2D eigenvalue weighted by Crippen LogP contribution is 2.51. The van der Waals surface area contributed by atoms with Crippen LogP contribution in [0.25, 0.3) is 5.57 Å². The number of amides is 2. The van der Waals surface area contributed by atoms with Crippen LogP contribution in [0.4, 0.5) is 4.79 Å². The maximum absolute atomic E-state index is 13.1. The van der Waals surface area contributed by atoms with Crippen molar-refractivity contribution in [2.24, 2.45) is 23.7 Å². The van der Waals surface area contributed by atoms with Crippen LogP contribution in [0.5, 0.6) is 0 Å². The Labute approximate surface area is 223 Å². The molecule has 1 aliphatic heterocycles. The number of carbonyl (C=O) groups excluding carboxylic acids is 2. The molecule has 1 saturated heterocycles. The number of hydrogen-bond donors (Lipinski definition) is 2. The molecule has 7 heteroatoms. The number of benzene rings is 2. The Kier molecular flexibility index (Phi) is 7.11. The van der Waals surface area contributed by atoms with Crippen LogP contribution in [0.15, 0.2) is 72.4 Å². The molecule has 2 aliphatic carbocycles. The molecule has 2 fully saturated rings. The van der Waals surface area contributed by atoms with E-state index < -0.39 is 12.1 Å². The van der Waals surface area contributed by atoms with Gasteiger partial charge in [0.1, 0.15) is 6.61 Å². The van der Waals surface area contributed by atoms with E-state index in [-0.39, 0.29) is 47.9 Å². The molecule has 5 rings (SSSR count). The van der Waals surface area contributed by atoms with E-state index in [9.17, 15) is 19.5 Å². The maximum Gasteiger partial charge on any atom is 0.407 e. The summed E-state index contributed by atoms with van der Waals surface area (Å²) in [4.78, 5) is 39.4. The molecule has 0 aromatic heterocycles. The van der Waals surface area contributed by atoms with Gasteiger partial charge in [0.2, 0.25) is 5.91 Å². The summed E-state index contributed by atoms with van der Waals surface area (Å²) in [7, 11) is 0. The van der Waals surface area contributed by atoms with Crippen LogP contribution in [-0.2, 0) is 16.1 Å². The van der Waals surface area contributed by atoms with Gasteiger partial charge in [0, 0.05) is 30.6 Å². The van der Waals surface area contributed by atoms with Gasteiger partial charge in [0.25, 0.3) is 0 Å². The van der Waals surface area contributed by atoms with Crippen molar-refractivity contribution >= 4 is 23.5 Å². The first-order valence-corrected chi connectivity index (χ1v) is 13.3. The number of alkyl carbamates (subject to hydrolysis) is 1. The molecule has 3 unspecified atom stereocenters. The fraction of sp³-hybridized carbons (Fsp3) is 0.387. The first kappa shape index (κ1) is 25.8. The van der Waals surface area contributed by atoms with Gasteiger partial charge in [-0.2, -0.15) is 0 Å². The molecule has 1 heterocycles. The lowest BCUT2D eigenvalue weighted by molar-refractivity contribution is -0.133. The molecule has 2 amide bonds. The second-order valence-corrected chi connectivity index (χ2v) is 10.7. The van der Waals surface area contributed by atoms with E-state index in [2.05, 4.69) is 19.2 Å². The highest BCUT2D eigenvalue weighted by Gasteiger charge is 2.53. The molecule has 2 aromatic carbocycles. The molecule has 7 nitrogen and oxygen atoms in total.